The van der Waals surface area contributed by atoms with Crippen LogP contribution < -0.4 is 0 Å². The number of rotatable bonds is 2. The van der Waals surface area contributed by atoms with Gasteiger partial charge in [0.1, 0.15) is 23.0 Å². The van der Waals surface area contributed by atoms with Crippen LogP contribution in [0.5, 0.6) is 0 Å². The summed E-state index contributed by atoms with van der Waals surface area (Å²) in [5.74, 6) is -0.0436. The van der Waals surface area contributed by atoms with Crippen LogP contribution >= 0.6 is 46.4 Å². The van der Waals surface area contributed by atoms with Gasteiger partial charge in [-0.3, -0.25) is 4.57 Å². The molecule has 2 heterocycles. The molecule has 13 heteroatoms. The predicted molar refractivity (Wildman–Crippen MR) is 95.6 cm³/mol. The highest BCUT2D eigenvalue weighted by molar-refractivity contribution is 6.39. The third kappa shape index (κ3) is 3.38. The van der Waals surface area contributed by atoms with Crippen molar-refractivity contribution < 1.29 is 13.2 Å². The summed E-state index contributed by atoms with van der Waals surface area (Å²) in [5, 5.41) is 16.8. The average Bonchev–Trinajstić information content (AvgIpc) is 3.15. The van der Waals surface area contributed by atoms with Gasteiger partial charge in [0, 0.05) is 0 Å². The molecular weight excluding hydrogens is 463 g/mol. The smallest absolute Gasteiger partial charge is 0.327 e. The molecule has 3 rings (SSSR count). The highest BCUT2D eigenvalue weighted by Gasteiger charge is 2.33. The summed E-state index contributed by atoms with van der Waals surface area (Å²) in [5.41, 5.74) is -1.55. The molecule has 2 aromatic heterocycles. The molecule has 0 radical (unpaired) electrons. The Morgan fingerprint density at radius 3 is 2.07 bits per heavy atom. The van der Waals surface area contributed by atoms with Crippen LogP contribution in [0.1, 0.15) is 17.0 Å². The first-order chi connectivity index (χ1) is 13.1. The number of alkyl halides is 3. The Hall–Kier alpha value is -2.43. The van der Waals surface area contributed by atoms with Crippen LogP contribution in [-0.2, 0) is 6.18 Å². The van der Waals surface area contributed by atoms with E-state index < -0.39 is 11.7 Å². The van der Waals surface area contributed by atoms with E-state index in [1.807, 2.05) is 0 Å². The van der Waals surface area contributed by atoms with E-state index in [4.69, 9.17) is 56.9 Å². The number of hydrogen-bond donors (Lipinski definition) is 1. The molecule has 142 valence electrons. The van der Waals surface area contributed by atoms with E-state index in [0.29, 0.717) is 12.1 Å². The number of nitrogens with zero attached hydrogens (tertiary/aromatic N) is 5. The first-order valence-electron chi connectivity index (χ1n) is 6.99. The Labute approximate surface area is 174 Å². The largest absolute Gasteiger partial charge is 0.416 e. The topological polar surface area (TPSA) is 94.1 Å². The Morgan fingerprint density at radius 1 is 1.00 bits per heavy atom. The van der Waals surface area contributed by atoms with E-state index in [2.05, 4.69) is 15.0 Å². The monoisotopic (exact) mass is 464 g/mol. The van der Waals surface area contributed by atoms with Crippen molar-refractivity contribution in [2.45, 2.75) is 6.18 Å². The van der Waals surface area contributed by atoms with E-state index >= 15 is 0 Å². The van der Waals surface area contributed by atoms with Crippen molar-refractivity contribution >= 4 is 46.4 Å². The third-order valence-electron chi connectivity index (χ3n) is 3.49. The first kappa shape index (κ1) is 20.3. The molecule has 0 aliphatic rings. The zero-order valence-electron chi connectivity index (χ0n) is 13.0. The molecule has 0 fully saturated rings. The number of H-pyrrole nitrogens is 1. The van der Waals surface area contributed by atoms with Gasteiger partial charge in [0.15, 0.2) is 17.2 Å². The van der Waals surface area contributed by atoms with Gasteiger partial charge in [-0.15, -0.1) is 0 Å². The fourth-order valence-corrected chi connectivity index (χ4v) is 3.56. The Balaban J connectivity index is 2.21. The number of nitriles is 2. The summed E-state index contributed by atoms with van der Waals surface area (Å²) < 4.78 is 39.8. The zero-order chi connectivity index (χ0) is 20.8. The molecule has 0 bridgehead atoms. The molecule has 6 nitrogen and oxygen atoms in total. The molecule has 0 spiro atoms. The number of nitrogens with one attached hydrogen (secondary N) is 1. The van der Waals surface area contributed by atoms with E-state index in [-0.39, 0.29) is 49.1 Å². The molecule has 3 aromatic rings. The number of aromatic nitrogens is 4. The maximum absolute atomic E-state index is 12.9. The normalized spacial score (nSPS) is 11.3. The summed E-state index contributed by atoms with van der Waals surface area (Å²) in [6.07, 6.45) is -4.66. The first-order valence-corrected chi connectivity index (χ1v) is 8.50. The molecule has 0 amide bonds. The van der Waals surface area contributed by atoms with Crippen LogP contribution in [0.25, 0.3) is 17.2 Å². The van der Waals surface area contributed by atoms with Gasteiger partial charge in [-0.05, 0) is 23.7 Å². The summed E-state index contributed by atoms with van der Waals surface area (Å²) >= 11 is 24.3. The molecule has 0 aliphatic carbocycles. The summed E-state index contributed by atoms with van der Waals surface area (Å²) in [7, 11) is 0. The SMILES string of the molecule is N#Cc1nc(-c2nc(Cl)n(-c3c(Cl)cc(C(F)(F)F)cc3Cl)c2Cl)[nH]c1C#N. The van der Waals surface area contributed by atoms with Crippen molar-refractivity contribution in [3.63, 3.8) is 0 Å². The van der Waals surface area contributed by atoms with Crippen molar-refractivity contribution in [1.29, 1.82) is 10.5 Å². The standard InChI is InChI=1S/C15H3Cl4F3N6/c16-6-1-5(15(20,21)22)2-7(17)11(6)28-12(18)10(27-14(28)19)13-25-8(3-23)9(4-24)26-13/h1-2H,(H,25,26). The Morgan fingerprint density at radius 2 is 1.61 bits per heavy atom. The van der Waals surface area contributed by atoms with Crippen molar-refractivity contribution in [3.8, 4) is 29.3 Å². The summed E-state index contributed by atoms with van der Waals surface area (Å²) in [4.78, 5) is 10.4. The molecule has 0 unspecified atom stereocenters. The number of halogens is 7. The second kappa shape index (κ2) is 7.19. The number of imidazole rings is 2. The molecular formula is C15H3Cl4F3N6. The Bertz CT molecular complexity index is 1130. The van der Waals surface area contributed by atoms with E-state index in [1.165, 1.54) is 0 Å². The molecule has 0 saturated heterocycles. The molecule has 1 aromatic carbocycles. The fraction of sp³-hybridized carbons (Fsp3) is 0.0667. The molecule has 0 atom stereocenters. The minimum atomic E-state index is -4.66. The maximum atomic E-state index is 12.9. The van der Waals surface area contributed by atoms with Gasteiger partial charge in [-0.25, -0.2) is 9.97 Å². The highest BCUT2D eigenvalue weighted by atomic mass is 35.5. The lowest BCUT2D eigenvalue weighted by Crippen LogP contribution is -2.07. The number of hydrogen-bond acceptors (Lipinski definition) is 4. The molecule has 28 heavy (non-hydrogen) atoms. The third-order valence-corrected chi connectivity index (χ3v) is 4.67. The average molecular weight is 466 g/mol. The highest BCUT2D eigenvalue weighted by Crippen LogP contribution is 2.41. The van der Waals surface area contributed by atoms with E-state index in [9.17, 15) is 13.2 Å². The minimum absolute atomic E-state index is 0.0436. The van der Waals surface area contributed by atoms with Crippen LogP contribution in [-0.4, -0.2) is 19.5 Å². The predicted octanol–water partition coefficient (Wildman–Crippen LogP) is 5.64. The van der Waals surface area contributed by atoms with Crippen molar-refractivity contribution in [2.24, 2.45) is 0 Å². The molecule has 1 N–H and O–H groups in total. The molecule has 0 aliphatic heterocycles. The quantitative estimate of drug-likeness (QED) is 0.529. The lowest BCUT2D eigenvalue weighted by molar-refractivity contribution is -0.137. The Kier molecular flexibility index (Phi) is 5.22. The van der Waals surface area contributed by atoms with Gasteiger partial charge in [-0.2, -0.15) is 23.7 Å². The van der Waals surface area contributed by atoms with Crippen LogP contribution in [0.2, 0.25) is 20.5 Å². The van der Waals surface area contributed by atoms with Gasteiger partial charge in [0.05, 0.1) is 21.3 Å². The van der Waals surface area contributed by atoms with Gasteiger partial charge >= 0.3 is 6.18 Å². The van der Waals surface area contributed by atoms with Gasteiger partial charge < -0.3 is 4.98 Å². The fourth-order valence-electron chi connectivity index (χ4n) is 2.31. The summed E-state index contributed by atoms with van der Waals surface area (Å²) in [6.45, 7) is 0. The summed E-state index contributed by atoms with van der Waals surface area (Å²) in [6, 6.07) is 4.81. The van der Waals surface area contributed by atoms with Crippen molar-refractivity contribution in [3.05, 3.63) is 49.6 Å². The second-order valence-corrected chi connectivity index (χ2v) is 6.69. The van der Waals surface area contributed by atoms with Crippen LogP contribution in [0, 0.1) is 22.7 Å². The van der Waals surface area contributed by atoms with Crippen LogP contribution in [0.4, 0.5) is 13.2 Å². The van der Waals surface area contributed by atoms with Gasteiger partial charge in [0.25, 0.3) is 0 Å². The van der Waals surface area contributed by atoms with Gasteiger partial charge in [0.2, 0.25) is 5.28 Å². The van der Waals surface area contributed by atoms with Crippen molar-refractivity contribution in [2.75, 3.05) is 0 Å². The van der Waals surface area contributed by atoms with Crippen LogP contribution in [0.15, 0.2) is 12.1 Å². The number of benzene rings is 1. The molecule has 0 saturated carbocycles. The number of aromatic amines is 1. The minimum Gasteiger partial charge on any atom is -0.327 e. The second-order valence-electron chi connectivity index (χ2n) is 5.17. The van der Waals surface area contributed by atoms with Gasteiger partial charge in [-0.1, -0.05) is 34.8 Å². The van der Waals surface area contributed by atoms with E-state index in [0.717, 1.165) is 4.57 Å². The zero-order valence-corrected chi connectivity index (χ0v) is 16.1. The van der Waals surface area contributed by atoms with E-state index in [1.54, 1.807) is 12.1 Å². The van der Waals surface area contributed by atoms with Crippen molar-refractivity contribution in [1.82, 2.24) is 19.5 Å². The lowest BCUT2D eigenvalue weighted by Gasteiger charge is -2.14. The van der Waals surface area contributed by atoms with Crippen LogP contribution in [0.3, 0.4) is 0 Å². The maximum Gasteiger partial charge on any atom is 0.416 e. The lowest BCUT2D eigenvalue weighted by atomic mass is 10.2.